The van der Waals surface area contributed by atoms with Gasteiger partial charge in [-0.3, -0.25) is 9.69 Å². The predicted octanol–water partition coefficient (Wildman–Crippen LogP) is 0.210. The Morgan fingerprint density at radius 1 is 1.17 bits per heavy atom. The molecule has 0 unspecified atom stereocenters. The molecule has 1 heterocycles. The van der Waals surface area contributed by atoms with Gasteiger partial charge < -0.3 is 15.7 Å². The fraction of sp³-hybridized carbons (Fsp3) is 0.889. The maximum absolute atomic E-state index is 12.2. The number of aliphatic hydroxyl groups excluding tert-OH is 1. The number of amides is 3. The van der Waals surface area contributed by atoms with Crippen LogP contribution in [0.25, 0.3) is 0 Å². The highest BCUT2D eigenvalue weighted by atomic mass is 16.3. The zero-order valence-electron chi connectivity index (χ0n) is 14.8. The van der Waals surface area contributed by atoms with Crippen molar-refractivity contribution in [3.63, 3.8) is 0 Å². The first-order valence-electron chi connectivity index (χ1n) is 9.43. The van der Waals surface area contributed by atoms with Crippen LogP contribution in [0.15, 0.2) is 0 Å². The van der Waals surface area contributed by atoms with Gasteiger partial charge in [-0.25, -0.2) is 4.79 Å². The van der Waals surface area contributed by atoms with Crippen LogP contribution in [0.5, 0.6) is 0 Å². The Balaban J connectivity index is 1.33. The second kappa shape index (κ2) is 5.43. The molecule has 0 aromatic heterocycles. The number of aliphatic hydroxyl groups is 1. The number of rotatable bonds is 5. The Labute approximate surface area is 143 Å². The van der Waals surface area contributed by atoms with Crippen molar-refractivity contribution in [2.45, 2.75) is 69.6 Å². The molecule has 0 radical (unpaired) electrons. The molecule has 5 aliphatic rings. The zero-order valence-corrected chi connectivity index (χ0v) is 14.8. The van der Waals surface area contributed by atoms with E-state index in [1.807, 2.05) is 0 Å². The minimum Gasteiger partial charge on any atom is -0.385 e. The van der Waals surface area contributed by atoms with Gasteiger partial charge in [0.1, 0.15) is 18.2 Å². The molecule has 134 valence electrons. The summed E-state index contributed by atoms with van der Waals surface area (Å²) in [6.07, 6.45) is 7.40. The van der Waals surface area contributed by atoms with Crippen LogP contribution < -0.4 is 10.6 Å². The lowest BCUT2D eigenvalue weighted by molar-refractivity contribution is -0.743. The summed E-state index contributed by atoms with van der Waals surface area (Å²) in [7, 11) is 0. The van der Waals surface area contributed by atoms with E-state index in [0.717, 1.165) is 22.7 Å². The molecule has 4 bridgehead atoms. The summed E-state index contributed by atoms with van der Waals surface area (Å²) in [5, 5.41) is 15.4. The second-order valence-electron chi connectivity index (χ2n) is 9.34. The lowest BCUT2D eigenvalue weighted by Crippen LogP contribution is -3.00. The first-order valence-corrected chi connectivity index (χ1v) is 9.43. The van der Waals surface area contributed by atoms with Crippen molar-refractivity contribution in [3.8, 4) is 0 Å². The largest absolute Gasteiger partial charge is 0.385 e. The monoisotopic (exact) mass is 336 g/mol. The van der Waals surface area contributed by atoms with E-state index in [-0.39, 0.29) is 18.5 Å². The molecular weight excluding hydrogens is 306 g/mol. The zero-order chi connectivity index (χ0) is 17.1. The number of nitrogens with zero attached hydrogens (tertiary/aromatic N) is 1. The fourth-order valence-electron chi connectivity index (χ4n) is 6.08. The minimum absolute atomic E-state index is 0.0942. The summed E-state index contributed by atoms with van der Waals surface area (Å²) in [5.74, 6) is 2.41. The number of carbonyl (C=O) groups is 2. The molecule has 1 atom stereocenters. The summed E-state index contributed by atoms with van der Waals surface area (Å²) in [5.41, 5.74) is -0.549. The highest BCUT2D eigenvalue weighted by molar-refractivity contribution is 6.06. The SMILES string of the molecule is CC1(C)NC(=O)N(C[C@H](O)C[NH2+]C23CC4CC(CC(C4)C2)C3)C1=O. The number of β-amino-alcohol motifs (C(OH)–C–C–N with tert-alkyl or cyclic N) is 1. The van der Waals surface area contributed by atoms with Gasteiger partial charge >= 0.3 is 6.03 Å². The van der Waals surface area contributed by atoms with Crippen molar-refractivity contribution in [2.24, 2.45) is 17.8 Å². The standard InChI is InChI=1S/C18H29N3O3/c1-17(2)15(23)21(16(24)20-17)10-14(22)9-19-18-6-11-3-12(7-18)5-13(4-11)8-18/h11-14,19,22H,3-10H2,1-2H3,(H,20,24)/p+1/t11?,12?,13?,14-,18?/m1/s1. The van der Waals surface area contributed by atoms with E-state index in [0.29, 0.717) is 12.1 Å². The van der Waals surface area contributed by atoms with Crippen LogP contribution in [0.3, 0.4) is 0 Å². The molecule has 1 saturated heterocycles. The smallest absolute Gasteiger partial charge is 0.325 e. The van der Waals surface area contributed by atoms with Crippen molar-refractivity contribution in [1.29, 1.82) is 0 Å². The lowest BCUT2D eigenvalue weighted by Gasteiger charge is -2.54. The molecule has 24 heavy (non-hydrogen) atoms. The minimum atomic E-state index is -0.861. The van der Waals surface area contributed by atoms with Gasteiger partial charge in [0, 0.05) is 19.3 Å². The lowest BCUT2D eigenvalue weighted by atomic mass is 9.53. The van der Waals surface area contributed by atoms with E-state index in [9.17, 15) is 14.7 Å². The number of nitrogens with two attached hydrogens (primary N) is 1. The van der Waals surface area contributed by atoms with E-state index < -0.39 is 11.6 Å². The third kappa shape index (κ3) is 2.73. The van der Waals surface area contributed by atoms with Crippen LogP contribution in [-0.4, -0.2) is 52.2 Å². The Morgan fingerprint density at radius 3 is 2.17 bits per heavy atom. The van der Waals surface area contributed by atoms with E-state index >= 15 is 0 Å². The summed E-state index contributed by atoms with van der Waals surface area (Å²) < 4.78 is 0. The molecule has 6 nitrogen and oxygen atoms in total. The van der Waals surface area contributed by atoms with E-state index in [4.69, 9.17) is 0 Å². The molecule has 0 spiro atoms. The van der Waals surface area contributed by atoms with Crippen LogP contribution in [0.4, 0.5) is 4.79 Å². The summed E-state index contributed by atoms with van der Waals surface area (Å²) in [6, 6.07) is -0.390. The van der Waals surface area contributed by atoms with E-state index in [1.165, 1.54) is 38.5 Å². The summed E-state index contributed by atoms with van der Waals surface area (Å²) >= 11 is 0. The van der Waals surface area contributed by atoms with Gasteiger partial charge in [0.25, 0.3) is 5.91 Å². The van der Waals surface area contributed by atoms with Crippen molar-refractivity contribution >= 4 is 11.9 Å². The van der Waals surface area contributed by atoms with Crippen molar-refractivity contribution in [2.75, 3.05) is 13.1 Å². The molecule has 5 rings (SSSR count). The third-order valence-corrected chi connectivity index (χ3v) is 6.75. The molecule has 5 fully saturated rings. The predicted molar refractivity (Wildman–Crippen MR) is 88.0 cm³/mol. The average molecular weight is 336 g/mol. The van der Waals surface area contributed by atoms with E-state index in [2.05, 4.69) is 10.6 Å². The number of hydrogen-bond donors (Lipinski definition) is 3. The highest BCUT2D eigenvalue weighted by Crippen LogP contribution is 2.54. The number of carbonyl (C=O) groups excluding carboxylic acids is 2. The normalized spacial score (nSPS) is 41.0. The van der Waals surface area contributed by atoms with Crippen molar-refractivity contribution in [3.05, 3.63) is 0 Å². The number of imide groups is 1. The van der Waals surface area contributed by atoms with Gasteiger partial charge in [0.05, 0.1) is 12.1 Å². The first-order chi connectivity index (χ1) is 11.3. The quantitative estimate of drug-likeness (QED) is 0.627. The first kappa shape index (κ1) is 16.3. The second-order valence-corrected chi connectivity index (χ2v) is 9.34. The van der Waals surface area contributed by atoms with Crippen molar-refractivity contribution < 1.29 is 20.0 Å². The summed E-state index contributed by atoms with van der Waals surface area (Å²) in [6.45, 7) is 4.06. The molecule has 4 aliphatic carbocycles. The van der Waals surface area contributed by atoms with Crippen LogP contribution in [-0.2, 0) is 4.79 Å². The topological polar surface area (TPSA) is 86.2 Å². The molecule has 0 aromatic rings. The van der Waals surface area contributed by atoms with Crippen LogP contribution in [0.1, 0.15) is 52.4 Å². The highest BCUT2D eigenvalue weighted by Gasteiger charge is 2.53. The number of hydrogen-bond acceptors (Lipinski definition) is 3. The molecule has 0 aromatic carbocycles. The maximum Gasteiger partial charge on any atom is 0.325 e. The average Bonchev–Trinajstić information content (AvgIpc) is 2.66. The number of nitrogens with one attached hydrogen (secondary N) is 1. The maximum atomic E-state index is 12.2. The fourth-order valence-corrected chi connectivity index (χ4v) is 6.08. The summed E-state index contributed by atoms with van der Waals surface area (Å²) in [4.78, 5) is 25.3. The molecule has 3 amide bonds. The number of urea groups is 1. The Kier molecular flexibility index (Phi) is 3.69. The third-order valence-electron chi connectivity index (χ3n) is 6.75. The van der Waals surface area contributed by atoms with Gasteiger partial charge in [-0.05, 0) is 50.9 Å². The molecule has 6 heteroatoms. The van der Waals surface area contributed by atoms with Crippen LogP contribution in [0.2, 0.25) is 0 Å². The van der Waals surface area contributed by atoms with Gasteiger partial charge in [0.15, 0.2) is 0 Å². The molecule has 4 saturated carbocycles. The molecular formula is C18H30N3O3+. The Bertz CT molecular complexity index is 524. The molecule has 4 N–H and O–H groups in total. The van der Waals surface area contributed by atoms with E-state index in [1.54, 1.807) is 13.8 Å². The number of quaternary nitrogens is 1. The van der Waals surface area contributed by atoms with Gasteiger partial charge in [0.2, 0.25) is 0 Å². The Hall–Kier alpha value is -1.14. The van der Waals surface area contributed by atoms with Crippen LogP contribution in [0, 0.1) is 17.8 Å². The van der Waals surface area contributed by atoms with Crippen molar-refractivity contribution in [1.82, 2.24) is 10.2 Å². The Morgan fingerprint density at radius 2 is 1.71 bits per heavy atom. The molecule has 1 aliphatic heterocycles. The van der Waals surface area contributed by atoms with Gasteiger partial charge in [-0.2, -0.15) is 0 Å². The van der Waals surface area contributed by atoms with Gasteiger partial charge in [-0.15, -0.1) is 0 Å². The van der Waals surface area contributed by atoms with Gasteiger partial charge in [-0.1, -0.05) is 0 Å². The van der Waals surface area contributed by atoms with Crippen LogP contribution >= 0.6 is 0 Å².